The van der Waals surface area contributed by atoms with Crippen LogP contribution >= 0.6 is 0 Å². The molecule has 0 aliphatic carbocycles. The summed E-state index contributed by atoms with van der Waals surface area (Å²) in [5, 5.41) is 0. The van der Waals surface area contributed by atoms with Gasteiger partial charge in [0.25, 0.3) is 0 Å². The van der Waals surface area contributed by atoms with Crippen LogP contribution in [0.15, 0.2) is 36.0 Å². The third kappa shape index (κ3) is 8.49. The molecule has 0 bridgehead atoms. The van der Waals surface area contributed by atoms with E-state index in [2.05, 4.69) is 51.4 Å². The topological polar surface area (TPSA) is 3.24 Å². The van der Waals surface area contributed by atoms with Crippen molar-refractivity contribution in [2.24, 2.45) is 0 Å². The zero-order chi connectivity index (χ0) is 13.0. The van der Waals surface area contributed by atoms with Gasteiger partial charge in [0, 0.05) is 6.54 Å². The molecule has 0 saturated carbocycles. The molecule has 0 heterocycles. The smallest absolute Gasteiger partial charge is 0.0165 e. The number of hydrogen-bond donors (Lipinski definition) is 0. The van der Waals surface area contributed by atoms with E-state index in [1.54, 1.807) is 0 Å². The van der Waals surface area contributed by atoms with Crippen LogP contribution in [0.5, 0.6) is 0 Å². The normalized spacial score (nSPS) is 12.2. The highest BCUT2D eigenvalue weighted by Gasteiger charge is 1.96. The molecular formula is C15H29N. The molecule has 0 aromatic rings. The second-order valence-electron chi connectivity index (χ2n) is 3.52. The Balaban J connectivity index is 0. The van der Waals surface area contributed by atoms with Gasteiger partial charge >= 0.3 is 0 Å². The van der Waals surface area contributed by atoms with Gasteiger partial charge in [-0.2, -0.15) is 0 Å². The van der Waals surface area contributed by atoms with Crippen molar-refractivity contribution in [2.45, 2.75) is 41.0 Å². The number of allylic oxidation sites excluding steroid dienone is 4. The summed E-state index contributed by atoms with van der Waals surface area (Å²) in [6.45, 7) is 16.4. The van der Waals surface area contributed by atoms with Gasteiger partial charge in [-0.15, -0.1) is 0 Å². The SMILES string of the molecule is C=C/C=C(CC)/C(C)=C/CN(C)CC.CC. The molecule has 16 heavy (non-hydrogen) atoms. The van der Waals surface area contributed by atoms with E-state index in [0.29, 0.717) is 0 Å². The standard InChI is InChI=1S/C13H23N.C2H6/c1-6-9-13(7-2)12(4)10-11-14(5)8-3;1-2/h6,9-10H,1,7-8,11H2,2-5H3;1-2H3/b12-10+,13-9+;. The maximum absolute atomic E-state index is 3.73. The fourth-order valence-corrected chi connectivity index (χ4v) is 1.22. The maximum atomic E-state index is 3.73. The first-order valence-corrected chi connectivity index (χ1v) is 6.32. The summed E-state index contributed by atoms with van der Waals surface area (Å²) < 4.78 is 0. The van der Waals surface area contributed by atoms with Gasteiger partial charge in [0.2, 0.25) is 0 Å². The third-order valence-electron chi connectivity index (χ3n) is 2.46. The summed E-state index contributed by atoms with van der Waals surface area (Å²) >= 11 is 0. The van der Waals surface area contributed by atoms with Crippen LogP contribution in [0.3, 0.4) is 0 Å². The average Bonchev–Trinajstić information content (AvgIpc) is 2.34. The molecule has 1 heteroatoms. The third-order valence-corrected chi connectivity index (χ3v) is 2.46. The van der Waals surface area contributed by atoms with Gasteiger partial charge in [-0.3, -0.25) is 0 Å². The highest BCUT2D eigenvalue weighted by Crippen LogP contribution is 2.12. The Morgan fingerprint density at radius 1 is 1.25 bits per heavy atom. The summed E-state index contributed by atoms with van der Waals surface area (Å²) in [6, 6.07) is 0. The largest absolute Gasteiger partial charge is 0.303 e. The van der Waals surface area contributed by atoms with Gasteiger partial charge in [0.05, 0.1) is 0 Å². The molecule has 0 aromatic heterocycles. The van der Waals surface area contributed by atoms with E-state index in [0.717, 1.165) is 19.5 Å². The van der Waals surface area contributed by atoms with E-state index in [4.69, 9.17) is 0 Å². The Hall–Kier alpha value is -0.820. The van der Waals surface area contributed by atoms with Crippen molar-refractivity contribution in [3.05, 3.63) is 36.0 Å². The summed E-state index contributed by atoms with van der Waals surface area (Å²) in [5.74, 6) is 0. The molecule has 0 saturated heterocycles. The van der Waals surface area contributed by atoms with E-state index in [1.165, 1.54) is 11.1 Å². The summed E-state index contributed by atoms with van der Waals surface area (Å²) in [5.41, 5.74) is 2.75. The Kier molecular flexibility index (Phi) is 13.5. The van der Waals surface area contributed by atoms with Gasteiger partial charge < -0.3 is 4.90 Å². The summed E-state index contributed by atoms with van der Waals surface area (Å²) in [6.07, 6.45) is 7.31. The van der Waals surface area contributed by atoms with Crippen LogP contribution in [0.2, 0.25) is 0 Å². The molecule has 0 aromatic carbocycles. The van der Waals surface area contributed by atoms with Crippen molar-refractivity contribution >= 4 is 0 Å². The molecule has 0 amide bonds. The van der Waals surface area contributed by atoms with Crippen molar-refractivity contribution in [1.82, 2.24) is 4.90 Å². The molecule has 0 aliphatic rings. The average molecular weight is 223 g/mol. The number of likely N-dealkylation sites (N-methyl/N-ethyl adjacent to an activating group) is 1. The molecule has 0 spiro atoms. The van der Waals surface area contributed by atoms with E-state index in [1.807, 2.05) is 19.9 Å². The lowest BCUT2D eigenvalue weighted by molar-refractivity contribution is 0.391. The Bertz CT molecular complexity index is 224. The van der Waals surface area contributed by atoms with Crippen molar-refractivity contribution in [3.8, 4) is 0 Å². The van der Waals surface area contributed by atoms with Crippen molar-refractivity contribution in [1.29, 1.82) is 0 Å². The summed E-state index contributed by atoms with van der Waals surface area (Å²) in [7, 11) is 2.13. The Morgan fingerprint density at radius 3 is 2.19 bits per heavy atom. The highest BCUT2D eigenvalue weighted by atomic mass is 15.1. The monoisotopic (exact) mass is 223 g/mol. The molecule has 0 rings (SSSR count). The van der Waals surface area contributed by atoms with Crippen molar-refractivity contribution in [3.63, 3.8) is 0 Å². The Labute approximate surface area is 103 Å². The van der Waals surface area contributed by atoms with Crippen LogP contribution in [-0.4, -0.2) is 25.0 Å². The van der Waals surface area contributed by atoms with Crippen LogP contribution in [0.25, 0.3) is 0 Å². The van der Waals surface area contributed by atoms with Crippen LogP contribution in [0.4, 0.5) is 0 Å². The van der Waals surface area contributed by atoms with E-state index < -0.39 is 0 Å². The molecule has 0 radical (unpaired) electrons. The van der Waals surface area contributed by atoms with Crippen molar-refractivity contribution < 1.29 is 0 Å². The quantitative estimate of drug-likeness (QED) is 0.602. The fraction of sp³-hybridized carbons (Fsp3) is 0.600. The lowest BCUT2D eigenvalue weighted by Crippen LogP contribution is -2.17. The zero-order valence-electron chi connectivity index (χ0n) is 12.0. The van der Waals surface area contributed by atoms with Gasteiger partial charge in [0.1, 0.15) is 0 Å². The second-order valence-corrected chi connectivity index (χ2v) is 3.52. The zero-order valence-corrected chi connectivity index (χ0v) is 12.0. The first-order valence-electron chi connectivity index (χ1n) is 6.32. The molecule has 0 N–H and O–H groups in total. The molecule has 94 valence electrons. The van der Waals surface area contributed by atoms with Crippen LogP contribution < -0.4 is 0 Å². The Morgan fingerprint density at radius 2 is 1.81 bits per heavy atom. The molecule has 0 aliphatic heterocycles. The number of nitrogens with zero attached hydrogens (tertiary/aromatic N) is 1. The lowest BCUT2D eigenvalue weighted by Gasteiger charge is -2.12. The minimum Gasteiger partial charge on any atom is -0.303 e. The van der Waals surface area contributed by atoms with Crippen LogP contribution in [0, 0.1) is 0 Å². The van der Waals surface area contributed by atoms with Crippen LogP contribution in [-0.2, 0) is 0 Å². The van der Waals surface area contributed by atoms with E-state index in [9.17, 15) is 0 Å². The first kappa shape index (κ1) is 17.6. The van der Waals surface area contributed by atoms with Gasteiger partial charge in [0.15, 0.2) is 0 Å². The predicted octanol–water partition coefficient (Wildman–Crippen LogP) is 4.43. The lowest BCUT2D eigenvalue weighted by atomic mass is 10.0. The van der Waals surface area contributed by atoms with Gasteiger partial charge in [-0.05, 0) is 32.5 Å². The minimum atomic E-state index is 1.02. The second kappa shape index (κ2) is 12.3. The maximum Gasteiger partial charge on any atom is 0.0165 e. The number of hydrogen-bond acceptors (Lipinski definition) is 1. The summed E-state index contributed by atoms with van der Waals surface area (Å²) in [4.78, 5) is 2.28. The van der Waals surface area contributed by atoms with Crippen molar-refractivity contribution in [2.75, 3.05) is 20.1 Å². The minimum absolute atomic E-state index is 1.02. The molecule has 0 unspecified atom stereocenters. The van der Waals surface area contributed by atoms with Crippen LogP contribution in [0.1, 0.15) is 41.0 Å². The fourth-order valence-electron chi connectivity index (χ4n) is 1.22. The first-order chi connectivity index (χ1) is 7.65. The molecule has 1 nitrogen and oxygen atoms in total. The highest BCUT2D eigenvalue weighted by molar-refractivity contribution is 5.31. The van der Waals surface area contributed by atoms with E-state index >= 15 is 0 Å². The van der Waals surface area contributed by atoms with E-state index in [-0.39, 0.29) is 0 Å². The van der Waals surface area contributed by atoms with Gasteiger partial charge in [-0.1, -0.05) is 58.1 Å². The molecule has 0 atom stereocenters. The predicted molar refractivity (Wildman–Crippen MR) is 76.8 cm³/mol. The molecular weight excluding hydrogens is 194 g/mol. The number of rotatable bonds is 6. The molecule has 0 fully saturated rings. The van der Waals surface area contributed by atoms with Gasteiger partial charge in [-0.25, -0.2) is 0 Å².